The molecule has 0 aliphatic rings. The van der Waals surface area contributed by atoms with Crippen molar-refractivity contribution in [2.24, 2.45) is 0 Å². The lowest BCUT2D eigenvalue weighted by Crippen LogP contribution is -2.53. The number of hydrogen-bond donors (Lipinski definition) is 0. The van der Waals surface area contributed by atoms with Crippen molar-refractivity contribution in [2.45, 2.75) is 24.4 Å². The molecular formula is C9H7F11O2. The van der Waals surface area contributed by atoms with Crippen LogP contribution in [-0.2, 0) is 9.47 Å². The second-order valence-electron chi connectivity index (χ2n) is 3.17. The molecule has 0 bridgehead atoms. The highest BCUT2D eigenvalue weighted by atomic mass is 19.4. The molecule has 0 aromatic heterocycles. The van der Waals surface area contributed by atoms with Crippen molar-refractivity contribution < 1.29 is 57.8 Å². The predicted octanol–water partition coefficient (Wildman–Crippen LogP) is 4.94. The van der Waals surface area contributed by atoms with Gasteiger partial charge < -0.3 is 9.47 Å². The molecule has 0 aliphatic carbocycles. The van der Waals surface area contributed by atoms with Crippen LogP contribution >= 0.6 is 0 Å². The van der Waals surface area contributed by atoms with E-state index in [1.54, 1.807) is 0 Å². The molecule has 22 heavy (non-hydrogen) atoms. The number of hydrogen-bond acceptors (Lipinski definition) is 2. The molecule has 132 valence electrons. The van der Waals surface area contributed by atoms with Gasteiger partial charge in [-0.05, 0) is 6.58 Å². The van der Waals surface area contributed by atoms with E-state index in [1.807, 2.05) is 6.58 Å². The Balaban J connectivity index is 0. The molecule has 13 heteroatoms. The van der Waals surface area contributed by atoms with Gasteiger partial charge in [0.2, 0.25) is 0 Å². The van der Waals surface area contributed by atoms with Crippen molar-refractivity contribution in [1.29, 1.82) is 0 Å². The summed E-state index contributed by atoms with van der Waals surface area (Å²) in [5.74, 6) is -7.66. The Morgan fingerprint density at radius 2 is 1.18 bits per heavy atom. The second kappa shape index (κ2) is 7.05. The topological polar surface area (TPSA) is 18.5 Å². The van der Waals surface area contributed by atoms with Crippen molar-refractivity contribution in [2.75, 3.05) is 7.11 Å². The van der Waals surface area contributed by atoms with Crippen LogP contribution in [0.3, 0.4) is 0 Å². The van der Waals surface area contributed by atoms with Gasteiger partial charge in [0.15, 0.2) is 5.76 Å². The van der Waals surface area contributed by atoms with Gasteiger partial charge in [-0.25, -0.2) is 0 Å². The van der Waals surface area contributed by atoms with Crippen LogP contribution in [0.4, 0.5) is 48.3 Å². The van der Waals surface area contributed by atoms with E-state index in [4.69, 9.17) is 0 Å². The first-order chi connectivity index (χ1) is 9.40. The van der Waals surface area contributed by atoms with Crippen LogP contribution in [0.25, 0.3) is 0 Å². The fourth-order valence-electron chi connectivity index (χ4n) is 0.484. The van der Waals surface area contributed by atoms with Gasteiger partial charge in [0.25, 0.3) is 6.01 Å². The summed E-state index contributed by atoms with van der Waals surface area (Å²) in [5, 5.41) is 0. The molecule has 0 saturated heterocycles. The molecule has 0 amide bonds. The lowest BCUT2D eigenvalue weighted by atomic mass is 10.3. The van der Waals surface area contributed by atoms with Crippen LogP contribution in [-0.4, -0.2) is 31.5 Å². The Labute approximate surface area is 115 Å². The summed E-state index contributed by atoms with van der Waals surface area (Å²) in [6.07, 6.45) is -17.0. The maximum atomic E-state index is 12.0. The Morgan fingerprint density at radius 3 is 1.32 bits per heavy atom. The number of methoxy groups -OCH3 is 1. The molecule has 0 atom stereocenters. The third kappa shape index (κ3) is 6.39. The zero-order valence-corrected chi connectivity index (χ0v) is 10.4. The molecule has 0 aromatic carbocycles. The van der Waals surface area contributed by atoms with Crippen LogP contribution in [0.5, 0.6) is 0 Å². The summed E-state index contributed by atoms with van der Waals surface area (Å²) >= 11 is 0. The minimum Gasteiger partial charge on any atom is -0.493 e. The molecule has 0 heterocycles. The number of rotatable bonds is 4. The van der Waals surface area contributed by atoms with Crippen molar-refractivity contribution in [3.63, 3.8) is 0 Å². The highest BCUT2D eigenvalue weighted by molar-refractivity contribution is 4.90. The zero-order valence-electron chi connectivity index (χ0n) is 10.4. The first kappa shape index (κ1) is 22.6. The largest absolute Gasteiger partial charge is 0.493 e. The van der Waals surface area contributed by atoms with Gasteiger partial charge >= 0.3 is 24.4 Å². The maximum Gasteiger partial charge on any atom is 0.475 e. The Hall–Kier alpha value is -1.69. The first-order valence-electron chi connectivity index (χ1n) is 4.56. The van der Waals surface area contributed by atoms with E-state index in [0.29, 0.717) is 0 Å². The fourth-order valence-corrected chi connectivity index (χ4v) is 0.484. The van der Waals surface area contributed by atoms with Crippen molar-refractivity contribution in [3.8, 4) is 0 Å². The van der Waals surface area contributed by atoms with Crippen LogP contribution in [0, 0.1) is 0 Å². The molecule has 0 N–H and O–H groups in total. The average molecular weight is 356 g/mol. The minimum atomic E-state index is -6.55. The van der Waals surface area contributed by atoms with E-state index in [-0.39, 0.29) is 0 Å². The first-order valence-corrected chi connectivity index (χ1v) is 4.56. The summed E-state index contributed by atoms with van der Waals surface area (Å²) in [5.41, 5.74) is 0. The van der Waals surface area contributed by atoms with Crippen molar-refractivity contribution in [1.82, 2.24) is 0 Å². The molecule has 0 aromatic rings. The molecule has 0 rings (SSSR count). The number of halogens is 11. The predicted molar refractivity (Wildman–Crippen MR) is 49.5 cm³/mol. The SMILES string of the molecule is C=C(F)OC(F)(F)C(F)(F)C(F)(F)F.C=C(OC)C(F)(F)F. The third-order valence-corrected chi connectivity index (χ3v) is 1.52. The summed E-state index contributed by atoms with van der Waals surface area (Å²) < 4.78 is 133. The van der Waals surface area contributed by atoms with Crippen LogP contribution in [0.15, 0.2) is 24.9 Å². The zero-order chi connectivity index (χ0) is 18.6. The highest BCUT2D eigenvalue weighted by Crippen LogP contribution is 2.47. The van der Waals surface area contributed by atoms with Crippen molar-refractivity contribution >= 4 is 0 Å². The summed E-state index contributed by atoms with van der Waals surface area (Å²) in [7, 11) is 0.926. The highest BCUT2D eigenvalue weighted by Gasteiger charge is 2.75. The Morgan fingerprint density at radius 1 is 0.818 bits per heavy atom. The smallest absolute Gasteiger partial charge is 0.475 e. The van der Waals surface area contributed by atoms with Crippen LogP contribution < -0.4 is 0 Å². The number of allylic oxidation sites excluding steroid dienone is 1. The summed E-state index contributed by atoms with van der Waals surface area (Å²) in [6, 6.07) is -2.45. The number of alkyl halides is 10. The maximum absolute atomic E-state index is 12.0. The molecule has 0 fully saturated rings. The van der Waals surface area contributed by atoms with E-state index >= 15 is 0 Å². The molecule has 0 saturated carbocycles. The van der Waals surface area contributed by atoms with E-state index in [2.05, 4.69) is 16.1 Å². The van der Waals surface area contributed by atoms with Gasteiger partial charge in [-0.3, -0.25) is 0 Å². The molecule has 0 unspecified atom stereocenters. The lowest BCUT2D eigenvalue weighted by Gasteiger charge is -2.26. The standard InChI is InChI=1S/C5H2F8O.C4H5F3O/c1-2(6)14-5(12,13)3(7,8)4(9,10)11;1-3(8-2)4(5,6)7/h1H2;1H2,2H3. The molecule has 0 radical (unpaired) electrons. The number of ether oxygens (including phenoxy) is 2. The van der Waals surface area contributed by atoms with Crippen LogP contribution in [0.1, 0.15) is 0 Å². The van der Waals surface area contributed by atoms with E-state index in [0.717, 1.165) is 7.11 Å². The van der Waals surface area contributed by atoms with Crippen molar-refractivity contribution in [3.05, 3.63) is 24.9 Å². The van der Waals surface area contributed by atoms with E-state index in [9.17, 15) is 48.3 Å². The van der Waals surface area contributed by atoms with Gasteiger partial charge in [0, 0.05) is 0 Å². The average Bonchev–Trinajstić information content (AvgIpc) is 2.23. The summed E-state index contributed by atoms with van der Waals surface area (Å²) in [6.45, 7) is 4.56. The Bertz CT molecular complexity index is 393. The van der Waals surface area contributed by atoms with Gasteiger partial charge in [-0.1, -0.05) is 6.58 Å². The second-order valence-corrected chi connectivity index (χ2v) is 3.17. The molecular weight excluding hydrogens is 349 g/mol. The molecule has 2 nitrogen and oxygen atoms in total. The van der Waals surface area contributed by atoms with Crippen LogP contribution in [0.2, 0.25) is 0 Å². The van der Waals surface area contributed by atoms with Gasteiger partial charge in [-0.15, -0.1) is 0 Å². The fraction of sp³-hybridized carbons (Fsp3) is 0.556. The molecule has 0 spiro atoms. The minimum absolute atomic E-state index is 0.926. The normalized spacial score (nSPS) is 12.9. The van der Waals surface area contributed by atoms with E-state index < -0.39 is 36.2 Å². The Kier molecular flexibility index (Phi) is 7.24. The van der Waals surface area contributed by atoms with Gasteiger partial charge in [-0.2, -0.15) is 48.3 Å². The van der Waals surface area contributed by atoms with Gasteiger partial charge in [0.1, 0.15) is 0 Å². The summed E-state index contributed by atoms with van der Waals surface area (Å²) in [4.78, 5) is 0. The quantitative estimate of drug-likeness (QED) is 0.525. The monoisotopic (exact) mass is 356 g/mol. The van der Waals surface area contributed by atoms with Gasteiger partial charge in [0.05, 0.1) is 7.11 Å². The third-order valence-electron chi connectivity index (χ3n) is 1.52. The molecule has 0 aliphatic heterocycles. The lowest BCUT2D eigenvalue weighted by molar-refractivity contribution is -0.418. The van der Waals surface area contributed by atoms with E-state index in [1.165, 1.54) is 0 Å².